The number of carbonyl (C=O) groups excluding carboxylic acids is 1. The molecule has 1 atom stereocenters. The Morgan fingerprint density at radius 3 is 2.59 bits per heavy atom. The highest BCUT2D eigenvalue weighted by molar-refractivity contribution is 7.07. The first kappa shape index (κ1) is 22.8. The minimum Gasteiger partial charge on any atom is -0.371 e. The van der Waals surface area contributed by atoms with Gasteiger partial charge in [0, 0.05) is 41.6 Å². The standard InChI is InChI=1S/C26H30ClN3OS/c1-19(15-21-11-14-32-18-21)28-24-9-12-30(13-10-24)25-7-5-23(6-8-25)29-26(31)17-20-3-2-4-22(27)16-20/h2-8,11,14,16,18-19,24,28H,9-10,12-13,15,17H2,1H3,(H,29,31)/t19-/m1/s1. The summed E-state index contributed by atoms with van der Waals surface area (Å²) in [5, 5.41) is 11.8. The van der Waals surface area contributed by atoms with E-state index in [-0.39, 0.29) is 5.91 Å². The zero-order valence-electron chi connectivity index (χ0n) is 18.4. The molecule has 0 radical (unpaired) electrons. The highest BCUT2D eigenvalue weighted by Crippen LogP contribution is 2.23. The highest BCUT2D eigenvalue weighted by atomic mass is 35.5. The number of amides is 1. The Kier molecular flexibility index (Phi) is 7.85. The van der Waals surface area contributed by atoms with Gasteiger partial charge >= 0.3 is 0 Å². The van der Waals surface area contributed by atoms with Crippen molar-refractivity contribution in [3.63, 3.8) is 0 Å². The molecule has 1 aliphatic heterocycles. The minimum absolute atomic E-state index is 0.0384. The zero-order valence-corrected chi connectivity index (χ0v) is 20.0. The summed E-state index contributed by atoms with van der Waals surface area (Å²) in [6.45, 7) is 4.37. The van der Waals surface area contributed by atoms with Crippen molar-refractivity contribution in [3.8, 4) is 0 Å². The number of nitrogens with one attached hydrogen (secondary N) is 2. The van der Waals surface area contributed by atoms with Crippen molar-refractivity contribution in [2.24, 2.45) is 0 Å². The first-order chi connectivity index (χ1) is 15.5. The fraction of sp³-hybridized carbons (Fsp3) is 0.346. The van der Waals surface area contributed by atoms with Crippen LogP contribution in [0.4, 0.5) is 11.4 Å². The van der Waals surface area contributed by atoms with Crippen LogP contribution in [-0.2, 0) is 17.6 Å². The van der Waals surface area contributed by atoms with Gasteiger partial charge in [0.1, 0.15) is 0 Å². The Morgan fingerprint density at radius 1 is 1.12 bits per heavy atom. The summed E-state index contributed by atoms with van der Waals surface area (Å²) in [6, 6.07) is 18.9. The topological polar surface area (TPSA) is 44.4 Å². The quantitative estimate of drug-likeness (QED) is 0.441. The highest BCUT2D eigenvalue weighted by Gasteiger charge is 2.21. The summed E-state index contributed by atoms with van der Waals surface area (Å²) in [4.78, 5) is 14.8. The lowest BCUT2D eigenvalue weighted by Crippen LogP contribution is -2.46. The molecule has 0 spiro atoms. The van der Waals surface area contributed by atoms with E-state index in [0.717, 1.165) is 43.6 Å². The van der Waals surface area contributed by atoms with E-state index in [1.165, 1.54) is 11.3 Å². The Hall–Kier alpha value is -2.34. The number of hydrogen-bond acceptors (Lipinski definition) is 4. The van der Waals surface area contributed by atoms with Gasteiger partial charge in [0.05, 0.1) is 6.42 Å². The summed E-state index contributed by atoms with van der Waals surface area (Å²) < 4.78 is 0. The molecule has 168 valence electrons. The van der Waals surface area contributed by atoms with Crippen molar-refractivity contribution in [1.82, 2.24) is 5.32 Å². The third-order valence-electron chi connectivity index (χ3n) is 5.91. The molecule has 2 aromatic carbocycles. The molecule has 32 heavy (non-hydrogen) atoms. The Labute approximate surface area is 199 Å². The van der Waals surface area contributed by atoms with Gasteiger partial charge in [-0.15, -0.1) is 0 Å². The number of piperidine rings is 1. The van der Waals surface area contributed by atoms with E-state index < -0.39 is 0 Å². The Morgan fingerprint density at radius 2 is 1.91 bits per heavy atom. The maximum Gasteiger partial charge on any atom is 0.228 e. The molecule has 4 rings (SSSR count). The van der Waals surface area contributed by atoms with Crippen LogP contribution in [0, 0.1) is 0 Å². The van der Waals surface area contributed by atoms with E-state index in [1.807, 2.05) is 36.4 Å². The molecule has 2 N–H and O–H groups in total. The number of anilines is 2. The Bertz CT molecular complexity index is 998. The van der Waals surface area contributed by atoms with Crippen molar-refractivity contribution in [2.75, 3.05) is 23.3 Å². The molecular formula is C26H30ClN3OS. The van der Waals surface area contributed by atoms with Crippen molar-refractivity contribution >= 4 is 40.2 Å². The summed E-state index contributed by atoms with van der Waals surface area (Å²) in [5.41, 5.74) is 4.36. The summed E-state index contributed by atoms with van der Waals surface area (Å²) in [5.74, 6) is -0.0384. The summed E-state index contributed by atoms with van der Waals surface area (Å²) >= 11 is 7.77. The van der Waals surface area contributed by atoms with Crippen molar-refractivity contribution in [3.05, 3.63) is 81.5 Å². The van der Waals surface area contributed by atoms with Crippen molar-refractivity contribution in [2.45, 2.75) is 44.7 Å². The predicted octanol–water partition coefficient (Wildman–Crippen LogP) is 5.77. The number of nitrogens with zero attached hydrogens (tertiary/aromatic N) is 1. The fourth-order valence-electron chi connectivity index (χ4n) is 4.32. The minimum atomic E-state index is -0.0384. The second-order valence-electron chi connectivity index (χ2n) is 8.57. The Balaban J connectivity index is 1.22. The molecule has 0 saturated carbocycles. The molecule has 1 fully saturated rings. The lowest BCUT2D eigenvalue weighted by Gasteiger charge is -2.35. The molecule has 0 aliphatic carbocycles. The van der Waals surface area contributed by atoms with Crippen LogP contribution in [0.1, 0.15) is 30.9 Å². The first-order valence-corrected chi connectivity index (χ1v) is 12.5. The van der Waals surface area contributed by atoms with E-state index in [4.69, 9.17) is 11.6 Å². The van der Waals surface area contributed by atoms with Gasteiger partial charge < -0.3 is 15.5 Å². The normalized spacial score (nSPS) is 15.5. The second kappa shape index (κ2) is 11.0. The molecule has 4 nitrogen and oxygen atoms in total. The van der Waals surface area contributed by atoms with Gasteiger partial charge in [0.2, 0.25) is 5.91 Å². The number of hydrogen-bond donors (Lipinski definition) is 2. The fourth-order valence-corrected chi connectivity index (χ4v) is 5.22. The van der Waals surface area contributed by atoms with Crippen LogP contribution in [0.3, 0.4) is 0 Å². The smallest absolute Gasteiger partial charge is 0.228 e. The van der Waals surface area contributed by atoms with Crippen LogP contribution in [0.5, 0.6) is 0 Å². The molecule has 0 unspecified atom stereocenters. The SMILES string of the molecule is C[C@H](Cc1ccsc1)NC1CCN(c2ccc(NC(=O)Cc3cccc(Cl)c3)cc2)CC1. The molecular weight excluding hydrogens is 438 g/mol. The van der Waals surface area contributed by atoms with Crippen molar-refractivity contribution < 1.29 is 4.79 Å². The van der Waals surface area contributed by atoms with Gasteiger partial charge in [-0.05, 0) is 90.5 Å². The average Bonchev–Trinajstić information content (AvgIpc) is 3.28. The number of thiophene rings is 1. The van der Waals surface area contributed by atoms with E-state index in [2.05, 4.69) is 51.4 Å². The van der Waals surface area contributed by atoms with E-state index in [0.29, 0.717) is 23.5 Å². The molecule has 3 aromatic rings. The average molecular weight is 468 g/mol. The maximum atomic E-state index is 12.3. The van der Waals surface area contributed by atoms with Gasteiger partial charge in [0.25, 0.3) is 0 Å². The van der Waals surface area contributed by atoms with Gasteiger partial charge in [0.15, 0.2) is 0 Å². The zero-order chi connectivity index (χ0) is 22.3. The largest absolute Gasteiger partial charge is 0.371 e. The summed E-state index contributed by atoms with van der Waals surface area (Å²) in [7, 11) is 0. The third kappa shape index (κ3) is 6.58. The molecule has 1 aromatic heterocycles. The van der Waals surface area contributed by atoms with Crippen LogP contribution in [0.25, 0.3) is 0 Å². The molecule has 1 amide bonds. The predicted molar refractivity (Wildman–Crippen MR) is 136 cm³/mol. The van der Waals surface area contributed by atoms with Gasteiger partial charge in [-0.25, -0.2) is 0 Å². The molecule has 0 bridgehead atoms. The summed E-state index contributed by atoms with van der Waals surface area (Å²) in [6.07, 6.45) is 3.69. The van der Waals surface area contributed by atoms with E-state index in [9.17, 15) is 4.79 Å². The number of halogens is 1. The lowest BCUT2D eigenvalue weighted by molar-refractivity contribution is -0.115. The van der Waals surface area contributed by atoms with Crippen LogP contribution < -0.4 is 15.5 Å². The second-order valence-corrected chi connectivity index (χ2v) is 9.78. The third-order valence-corrected chi connectivity index (χ3v) is 6.87. The maximum absolute atomic E-state index is 12.3. The first-order valence-electron chi connectivity index (χ1n) is 11.2. The molecule has 2 heterocycles. The van der Waals surface area contributed by atoms with Crippen LogP contribution >= 0.6 is 22.9 Å². The molecule has 6 heteroatoms. The molecule has 1 aliphatic rings. The van der Waals surface area contributed by atoms with E-state index in [1.54, 1.807) is 11.3 Å². The van der Waals surface area contributed by atoms with Gasteiger partial charge in [-0.3, -0.25) is 4.79 Å². The van der Waals surface area contributed by atoms with Gasteiger partial charge in [-0.2, -0.15) is 11.3 Å². The van der Waals surface area contributed by atoms with Gasteiger partial charge in [-0.1, -0.05) is 23.7 Å². The van der Waals surface area contributed by atoms with Crippen molar-refractivity contribution in [1.29, 1.82) is 0 Å². The number of benzene rings is 2. The number of carbonyl (C=O) groups is 1. The van der Waals surface area contributed by atoms with E-state index >= 15 is 0 Å². The van der Waals surface area contributed by atoms with Crippen LogP contribution in [0.2, 0.25) is 5.02 Å². The monoisotopic (exact) mass is 467 g/mol. The lowest BCUT2D eigenvalue weighted by atomic mass is 10.0. The van der Waals surface area contributed by atoms with Crippen LogP contribution in [0.15, 0.2) is 65.4 Å². The van der Waals surface area contributed by atoms with Crippen LogP contribution in [-0.4, -0.2) is 31.1 Å². The molecule has 1 saturated heterocycles. The number of rotatable bonds is 8.